The maximum Gasteiger partial charge on any atom is 0.272 e. The number of aryl methyl sites for hydroxylation is 1. The number of fused-ring (bicyclic) bond motifs is 1. The van der Waals surface area contributed by atoms with Crippen LogP contribution in [0.5, 0.6) is 5.75 Å². The second kappa shape index (κ2) is 5.28. The van der Waals surface area contributed by atoms with Gasteiger partial charge >= 0.3 is 0 Å². The van der Waals surface area contributed by atoms with E-state index in [2.05, 4.69) is 10.3 Å². The van der Waals surface area contributed by atoms with E-state index in [1.165, 1.54) is 0 Å². The Labute approximate surface area is 122 Å². The highest BCUT2D eigenvalue weighted by molar-refractivity contribution is 6.07. The van der Waals surface area contributed by atoms with Gasteiger partial charge in [-0.2, -0.15) is 0 Å². The molecule has 0 saturated carbocycles. The predicted octanol–water partition coefficient (Wildman–Crippen LogP) is 2.83. The number of rotatable bonds is 3. The van der Waals surface area contributed by atoms with E-state index in [4.69, 9.17) is 4.74 Å². The van der Waals surface area contributed by atoms with Crippen molar-refractivity contribution >= 4 is 22.5 Å². The Balaban J connectivity index is 2.01. The van der Waals surface area contributed by atoms with Crippen LogP contribution >= 0.6 is 0 Å². The second-order valence-corrected chi connectivity index (χ2v) is 4.67. The van der Waals surface area contributed by atoms with E-state index < -0.39 is 0 Å². The van der Waals surface area contributed by atoms with Gasteiger partial charge in [-0.15, -0.1) is 0 Å². The maximum absolute atomic E-state index is 12.4. The van der Waals surface area contributed by atoms with Gasteiger partial charge in [0.1, 0.15) is 11.4 Å². The molecule has 21 heavy (non-hydrogen) atoms. The summed E-state index contributed by atoms with van der Waals surface area (Å²) in [6.45, 7) is 0. The van der Waals surface area contributed by atoms with E-state index in [9.17, 15) is 4.79 Å². The monoisotopic (exact) mass is 281 g/mol. The summed E-state index contributed by atoms with van der Waals surface area (Å²) in [6.07, 6.45) is 3.28. The lowest BCUT2D eigenvalue weighted by Gasteiger charge is -2.06. The largest absolute Gasteiger partial charge is 0.496 e. The number of pyridine rings is 1. The summed E-state index contributed by atoms with van der Waals surface area (Å²) >= 11 is 0. The number of aromatic nitrogens is 2. The summed E-state index contributed by atoms with van der Waals surface area (Å²) in [5.41, 5.74) is 2.24. The molecule has 0 atom stereocenters. The predicted molar refractivity (Wildman–Crippen MR) is 81.7 cm³/mol. The average Bonchev–Trinajstić information content (AvgIpc) is 2.86. The first-order valence-electron chi connectivity index (χ1n) is 6.54. The number of anilines is 1. The minimum Gasteiger partial charge on any atom is -0.496 e. The van der Waals surface area contributed by atoms with Gasteiger partial charge in [-0.05, 0) is 30.3 Å². The van der Waals surface area contributed by atoms with Crippen LogP contribution in [0.15, 0.2) is 48.8 Å². The van der Waals surface area contributed by atoms with Crippen molar-refractivity contribution in [1.82, 2.24) is 9.55 Å². The van der Waals surface area contributed by atoms with Crippen LogP contribution in [-0.2, 0) is 7.05 Å². The molecule has 0 radical (unpaired) electrons. The number of carbonyl (C=O) groups is 1. The maximum atomic E-state index is 12.4. The molecule has 0 aliphatic heterocycles. The molecule has 3 aromatic rings. The van der Waals surface area contributed by atoms with Crippen molar-refractivity contribution in [2.45, 2.75) is 0 Å². The van der Waals surface area contributed by atoms with Gasteiger partial charge in [0.05, 0.1) is 12.6 Å². The zero-order valence-corrected chi connectivity index (χ0v) is 11.8. The number of nitrogens with zero attached hydrogens (tertiary/aromatic N) is 2. The van der Waals surface area contributed by atoms with Gasteiger partial charge < -0.3 is 14.6 Å². The van der Waals surface area contributed by atoms with Crippen LogP contribution < -0.4 is 10.1 Å². The standard InChI is InChI=1S/C16H15N3O2/c1-19-13-4-3-5-15(21-2)12(13)10-14(19)16(20)18-11-6-8-17-9-7-11/h3-10H,1-2H3,(H,17,18,20). The Morgan fingerprint density at radius 1 is 1.24 bits per heavy atom. The van der Waals surface area contributed by atoms with Gasteiger partial charge in [-0.1, -0.05) is 6.07 Å². The van der Waals surface area contributed by atoms with Crippen molar-refractivity contribution < 1.29 is 9.53 Å². The number of hydrogen-bond acceptors (Lipinski definition) is 3. The number of hydrogen-bond donors (Lipinski definition) is 1. The Morgan fingerprint density at radius 3 is 2.71 bits per heavy atom. The van der Waals surface area contributed by atoms with Gasteiger partial charge in [0, 0.05) is 30.5 Å². The highest BCUT2D eigenvalue weighted by Gasteiger charge is 2.15. The molecule has 5 nitrogen and oxygen atoms in total. The van der Waals surface area contributed by atoms with Gasteiger partial charge in [-0.25, -0.2) is 0 Å². The van der Waals surface area contributed by atoms with E-state index in [1.54, 1.807) is 31.6 Å². The molecule has 1 N–H and O–H groups in total. The van der Waals surface area contributed by atoms with Crippen molar-refractivity contribution in [3.8, 4) is 5.75 Å². The molecule has 0 unspecified atom stereocenters. The van der Waals surface area contributed by atoms with E-state index in [0.29, 0.717) is 11.4 Å². The molecular weight excluding hydrogens is 266 g/mol. The zero-order chi connectivity index (χ0) is 14.8. The second-order valence-electron chi connectivity index (χ2n) is 4.67. The topological polar surface area (TPSA) is 56.1 Å². The number of amides is 1. The van der Waals surface area contributed by atoms with Crippen LogP contribution in [0, 0.1) is 0 Å². The van der Waals surface area contributed by atoms with Crippen molar-refractivity contribution in [3.63, 3.8) is 0 Å². The SMILES string of the molecule is COc1cccc2c1cc(C(=O)Nc1ccncc1)n2C. The summed E-state index contributed by atoms with van der Waals surface area (Å²) in [5.74, 6) is 0.591. The molecule has 3 rings (SSSR count). The lowest BCUT2D eigenvalue weighted by molar-refractivity contribution is 0.102. The Kier molecular flexibility index (Phi) is 3.31. The van der Waals surface area contributed by atoms with Crippen molar-refractivity contribution in [2.75, 3.05) is 12.4 Å². The summed E-state index contributed by atoms with van der Waals surface area (Å²) < 4.78 is 7.20. The molecule has 2 aromatic heterocycles. The van der Waals surface area contributed by atoms with Crippen molar-refractivity contribution in [1.29, 1.82) is 0 Å². The molecule has 2 heterocycles. The zero-order valence-electron chi connectivity index (χ0n) is 11.8. The number of ether oxygens (including phenoxy) is 1. The molecule has 0 spiro atoms. The molecule has 1 amide bonds. The third-order valence-corrected chi connectivity index (χ3v) is 3.44. The van der Waals surface area contributed by atoms with Gasteiger partial charge in [0.15, 0.2) is 0 Å². The number of carbonyl (C=O) groups excluding carboxylic acids is 1. The summed E-state index contributed by atoms with van der Waals surface area (Å²) in [5, 5.41) is 3.78. The fourth-order valence-electron chi connectivity index (χ4n) is 2.36. The number of methoxy groups -OCH3 is 1. The third-order valence-electron chi connectivity index (χ3n) is 3.44. The molecule has 1 aromatic carbocycles. The first-order chi connectivity index (χ1) is 10.2. The average molecular weight is 281 g/mol. The molecule has 106 valence electrons. The Bertz CT molecular complexity index is 794. The van der Waals surface area contributed by atoms with E-state index in [-0.39, 0.29) is 5.91 Å². The Hall–Kier alpha value is -2.82. The van der Waals surface area contributed by atoms with E-state index >= 15 is 0 Å². The summed E-state index contributed by atoms with van der Waals surface area (Å²) in [6, 6.07) is 11.1. The molecule has 0 saturated heterocycles. The third kappa shape index (κ3) is 2.33. The summed E-state index contributed by atoms with van der Waals surface area (Å²) in [4.78, 5) is 16.3. The van der Waals surface area contributed by atoms with Crippen LogP contribution in [-0.4, -0.2) is 22.6 Å². The molecule has 0 fully saturated rings. The Morgan fingerprint density at radius 2 is 2.00 bits per heavy atom. The minimum atomic E-state index is -0.165. The highest BCUT2D eigenvalue weighted by Crippen LogP contribution is 2.28. The fraction of sp³-hybridized carbons (Fsp3) is 0.125. The smallest absolute Gasteiger partial charge is 0.272 e. The van der Waals surface area contributed by atoms with Gasteiger partial charge in [-0.3, -0.25) is 9.78 Å². The first kappa shape index (κ1) is 13.2. The first-order valence-corrected chi connectivity index (χ1v) is 6.54. The molecule has 0 aliphatic carbocycles. The van der Waals surface area contributed by atoms with E-state index in [0.717, 1.165) is 16.7 Å². The van der Waals surface area contributed by atoms with Gasteiger partial charge in [0.2, 0.25) is 0 Å². The molecular formula is C16H15N3O2. The van der Waals surface area contributed by atoms with Crippen LogP contribution in [0.3, 0.4) is 0 Å². The lowest BCUT2D eigenvalue weighted by atomic mass is 10.2. The molecule has 5 heteroatoms. The van der Waals surface area contributed by atoms with Crippen LogP contribution in [0.1, 0.15) is 10.5 Å². The minimum absolute atomic E-state index is 0.165. The lowest BCUT2D eigenvalue weighted by Crippen LogP contribution is -2.15. The van der Waals surface area contributed by atoms with Crippen molar-refractivity contribution in [2.24, 2.45) is 7.05 Å². The van der Waals surface area contributed by atoms with Gasteiger partial charge in [0.25, 0.3) is 5.91 Å². The number of benzene rings is 1. The van der Waals surface area contributed by atoms with E-state index in [1.807, 2.05) is 35.9 Å². The molecule has 0 bridgehead atoms. The number of nitrogens with one attached hydrogen (secondary N) is 1. The summed E-state index contributed by atoms with van der Waals surface area (Å²) in [7, 11) is 3.49. The quantitative estimate of drug-likeness (QED) is 0.803. The highest BCUT2D eigenvalue weighted by atomic mass is 16.5. The van der Waals surface area contributed by atoms with Crippen LogP contribution in [0.2, 0.25) is 0 Å². The van der Waals surface area contributed by atoms with Crippen LogP contribution in [0.4, 0.5) is 5.69 Å². The van der Waals surface area contributed by atoms with Crippen molar-refractivity contribution in [3.05, 3.63) is 54.5 Å². The van der Waals surface area contributed by atoms with Crippen LogP contribution in [0.25, 0.3) is 10.9 Å². The molecule has 0 aliphatic rings. The fourth-order valence-corrected chi connectivity index (χ4v) is 2.36. The normalized spacial score (nSPS) is 10.6.